The molecule has 0 saturated carbocycles. The quantitative estimate of drug-likeness (QED) is 0.921. The summed E-state index contributed by atoms with van der Waals surface area (Å²) in [6.07, 6.45) is 4.99. The van der Waals surface area contributed by atoms with Gasteiger partial charge in [0.1, 0.15) is 5.75 Å². The maximum atomic E-state index is 6.24. The fraction of sp³-hybridized carbons (Fsp3) is 0.647. The van der Waals surface area contributed by atoms with Gasteiger partial charge in [0, 0.05) is 37.9 Å². The topological polar surface area (TPSA) is 41.7 Å². The Balaban J connectivity index is 1.84. The van der Waals surface area contributed by atoms with Gasteiger partial charge in [-0.25, -0.2) is 0 Å². The second-order valence-electron chi connectivity index (χ2n) is 6.48. The average molecular weight is 289 g/mol. The minimum atomic E-state index is 0.0812. The van der Waals surface area contributed by atoms with Crippen molar-refractivity contribution in [1.29, 1.82) is 0 Å². The van der Waals surface area contributed by atoms with E-state index in [9.17, 15) is 0 Å². The molecule has 2 unspecified atom stereocenters. The molecular weight excluding hydrogens is 262 g/mol. The highest BCUT2D eigenvalue weighted by Gasteiger charge is 2.43. The van der Waals surface area contributed by atoms with Crippen molar-refractivity contribution in [3.63, 3.8) is 0 Å². The highest BCUT2D eigenvalue weighted by molar-refractivity contribution is 5.52. The molecule has 0 aliphatic carbocycles. The van der Waals surface area contributed by atoms with E-state index >= 15 is 0 Å². The molecule has 0 aromatic heterocycles. The number of nitrogens with two attached hydrogens (primary N) is 1. The molecule has 2 aliphatic rings. The van der Waals surface area contributed by atoms with Crippen molar-refractivity contribution in [3.8, 4) is 5.75 Å². The summed E-state index contributed by atoms with van der Waals surface area (Å²) in [5.41, 5.74) is 7.52. The molecule has 0 bridgehead atoms. The minimum absolute atomic E-state index is 0.0812. The summed E-state index contributed by atoms with van der Waals surface area (Å²) < 4.78 is 5.36. The van der Waals surface area contributed by atoms with Crippen molar-refractivity contribution < 1.29 is 4.74 Å². The largest absolute Gasteiger partial charge is 0.497 e. The van der Waals surface area contributed by atoms with Gasteiger partial charge < -0.3 is 20.3 Å². The molecule has 21 heavy (non-hydrogen) atoms. The van der Waals surface area contributed by atoms with Crippen LogP contribution in [0.4, 0.5) is 5.69 Å². The van der Waals surface area contributed by atoms with Gasteiger partial charge in [0.05, 0.1) is 12.6 Å². The maximum absolute atomic E-state index is 6.24. The fourth-order valence-electron chi connectivity index (χ4n) is 4.03. The smallest absolute Gasteiger partial charge is 0.120 e. The van der Waals surface area contributed by atoms with E-state index < -0.39 is 0 Å². The average Bonchev–Trinajstić information content (AvgIpc) is 3.01. The zero-order valence-electron chi connectivity index (χ0n) is 13.2. The Morgan fingerprint density at radius 3 is 3.05 bits per heavy atom. The van der Waals surface area contributed by atoms with Gasteiger partial charge in [0.15, 0.2) is 0 Å². The van der Waals surface area contributed by atoms with Gasteiger partial charge >= 0.3 is 0 Å². The molecule has 4 heteroatoms. The third-order valence-electron chi connectivity index (χ3n) is 5.51. The lowest BCUT2D eigenvalue weighted by atomic mass is 9.81. The van der Waals surface area contributed by atoms with Gasteiger partial charge in [-0.2, -0.15) is 0 Å². The monoisotopic (exact) mass is 289 g/mol. The maximum Gasteiger partial charge on any atom is 0.120 e. The van der Waals surface area contributed by atoms with Crippen LogP contribution in [0.3, 0.4) is 0 Å². The molecule has 2 aliphatic heterocycles. The summed E-state index contributed by atoms with van der Waals surface area (Å²) in [7, 11) is 3.90. The number of hydrogen-bond donors (Lipinski definition) is 1. The van der Waals surface area contributed by atoms with Gasteiger partial charge in [-0.3, -0.25) is 0 Å². The Bertz CT molecular complexity index is 493. The van der Waals surface area contributed by atoms with Crippen LogP contribution < -0.4 is 15.4 Å². The predicted octanol–water partition coefficient (Wildman–Crippen LogP) is 2.09. The van der Waals surface area contributed by atoms with Crippen molar-refractivity contribution in [2.75, 3.05) is 38.7 Å². The zero-order chi connectivity index (χ0) is 14.9. The zero-order valence-corrected chi connectivity index (χ0v) is 13.2. The van der Waals surface area contributed by atoms with E-state index in [-0.39, 0.29) is 5.54 Å². The Hall–Kier alpha value is -1.26. The molecule has 0 spiro atoms. The first kappa shape index (κ1) is 14.7. The summed E-state index contributed by atoms with van der Waals surface area (Å²) in [6.45, 7) is 3.16. The number of ether oxygens (including phenoxy) is 1. The molecule has 1 aromatic carbocycles. The van der Waals surface area contributed by atoms with Crippen molar-refractivity contribution in [1.82, 2.24) is 4.90 Å². The fourth-order valence-corrected chi connectivity index (χ4v) is 4.03. The van der Waals surface area contributed by atoms with Crippen molar-refractivity contribution >= 4 is 5.69 Å². The van der Waals surface area contributed by atoms with Crippen molar-refractivity contribution in [2.24, 2.45) is 5.73 Å². The van der Waals surface area contributed by atoms with Crippen LogP contribution >= 0.6 is 0 Å². The van der Waals surface area contributed by atoms with Gasteiger partial charge in [-0.05, 0) is 44.4 Å². The van der Waals surface area contributed by atoms with E-state index in [0.29, 0.717) is 6.54 Å². The molecule has 3 rings (SSSR count). The Morgan fingerprint density at radius 2 is 2.29 bits per heavy atom. The first-order chi connectivity index (χ1) is 10.2. The van der Waals surface area contributed by atoms with E-state index in [2.05, 4.69) is 35.0 Å². The number of benzene rings is 1. The lowest BCUT2D eigenvalue weighted by Crippen LogP contribution is -2.60. The number of hydrogen-bond acceptors (Lipinski definition) is 4. The second kappa shape index (κ2) is 5.85. The SMILES string of the molecule is COc1cccc(N(C)C2(CN)CCN3CCCC3C2)c1. The van der Waals surface area contributed by atoms with Gasteiger partial charge in [-0.1, -0.05) is 6.07 Å². The van der Waals surface area contributed by atoms with E-state index in [4.69, 9.17) is 10.5 Å². The molecule has 116 valence electrons. The normalized spacial score (nSPS) is 29.2. The standard InChI is InChI=1S/C17H27N3O/c1-19(14-5-3-7-16(11-14)21-2)17(13-18)8-10-20-9-4-6-15(20)12-17/h3,5,7,11,15H,4,6,8-10,12-13,18H2,1-2H3. The number of fused-ring (bicyclic) bond motifs is 1. The third-order valence-corrected chi connectivity index (χ3v) is 5.51. The number of methoxy groups -OCH3 is 1. The number of piperidine rings is 1. The van der Waals surface area contributed by atoms with Crippen LogP contribution in [0.25, 0.3) is 0 Å². The first-order valence-electron chi connectivity index (χ1n) is 8.00. The highest BCUT2D eigenvalue weighted by Crippen LogP contribution is 2.38. The molecule has 2 saturated heterocycles. The highest BCUT2D eigenvalue weighted by atomic mass is 16.5. The minimum Gasteiger partial charge on any atom is -0.497 e. The number of anilines is 1. The molecule has 2 fully saturated rings. The molecule has 2 heterocycles. The van der Waals surface area contributed by atoms with Crippen LogP contribution in [-0.4, -0.2) is 50.3 Å². The van der Waals surface area contributed by atoms with E-state index in [0.717, 1.165) is 18.2 Å². The van der Waals surface area contributed by atoms with E-state index in [1.165, 1.54) is 38.0 Å². The first-order valence-corrected chi connectivity index (χ1v) is 8.00. The molecule has 4 nitrogen and oxygen atoms in total. The van der Waals surface area contributed by atoms with Gasteiger partial charge in [-0.15, -0.1) is 0 Å². The number of nitrogens with zero attached hydrogens (tertiary/aromatic N) is 2. The predicted molar refractivity (Wildman–Crippen MR) is 87.0 cm³/mol. The second-order valence-corrected chi connectivity index (χ2v) is 6.48. The van der Waals surface area contributed by atoms with Crippen LogP contribution in [0.15, 0.2) is 24.3 Å². The molecule has 2 atom stereocenters. The van der Waals surface area contributed by atoms with E-state index in [1.54, 1.807) is 7.11 Å². The van der Waals surface area contributed by atoms with Crippen LogP contribution in [0.5, 0.6) is 5.75 Å². The molecule has 0 amide bonds. The lowest BCUT2D eigenvalue weighted by molar-refractivity contribution is 0.131. The molecule has 0 radical (unpaired) electrons. The van der Waals surface area contributed by atoms with Gasteiger partial charge in [0.25, 0.3) is 0 Å². The summed E-state index contributed by atoms with van der Waals surface area (Å²) in [5.74, 6) is 0.907. The summed E-state index contributed by atoms with van der Waals surface area (Å²) in [4.78, 5) is 5.04. The molecular formula is C17H27N3O. The van der Waals surface area contributed by atoms with Crippen molar-refractivity contribution in [2.45, 2.75) is 37.3 Å². The molecule has 2 N–H and O–H groups in total. The summed E-state index contributed by atoms with van der Waals surface area (Å²) in [5, 5.41) is 0. The summed E-state index contributed by atoms with van der Waals surface area (Å²) >= 11 is 0. The Morgan fingerprint density at radius 1 is 1.43 bits per heavy atom. The van der Waals surface area contributed by atoms with Crippen LogP contribution in [0.2, 0.25) is 0 Å². The van der Waals surface area contributed by atoms with Crippen molar-refractivity contribution in [3.05, 3.63) is 24.3 Å². The summed E-state index contributed by atoms with van der Waals surface area (Å²) in [6, 6.07) is 9.03. The van der Waals surface area contributed by atoms with Crippen LogP contribution in [0.1, 0.15) is 25.7 Å². The Kier molecular flexibility index (Phi) is 4.09. The van der Waals surface area contributed by atoms with Crippen LogP contribution in [-0.2, 0) is 0 Å². The van der Waals surface area contributed by atoms with E-state index in [1.807, 2.05) is 6.07 Å². The third kappa shape index (κ3) is 2.62. The molecule has 1 aromatic rings. The number of rotatable bonds is 4. The lowest BCUT2D eigenvalue weighted by Gasteiger charge is -2.49. The number of likely N-dealkylation sites (N-methyl/N-ethyl adjacent to an activating group) is 1. The van der Waals surface area contributed by atoms with Gasteiger partial charge in [0.2, 0.25) is 0 Å². The van der Waals surface area contributed by atoms with Crippen LogP contribution in [0, 0.1) is 0 Å². The Labute approximate surface area is 127 Å².